The number of allylic oxidation sites excluding steroid dienone is 1. The smallest absolute Gasteiger partial charge is 0.196 e. The number of ether oxygens (including phenoxy) is 2. The molecule has 0 amide bonds. The monoisotopic (exact) mass is 437 g/mol. The van der Waals surface area contributed by atoms with Gasteiger partial charge in [-0.1, -0.05) is 30.3 Å². The number of imidazole rings is 1. The molecule has 0 spiro atoms. The molecule has 0 bridgehead atoms. The highest BCUT2D eigenvalue weighted by atomic mass is 16.5. The van der Waals surface area contributed by atoms with Gasteiger partial charge < -0.3 is 19.4 Å². The van der Waals surface area contributed by atoms with Crippen LogP contribution in [0.15, 0.2) is 72.9 Å². The molecule has 0 aliphatic rings. The van der Waals surface area contributed by atoms with Gasteiger partial charge in [0.15, 0.2) is 17.3 Å². The summed E-state index contributed by atoms with van der Waals surface area (Å²) in [5, 5.41) is 1.03. The molecule has 33 heavy (non-hydrogen) atoms. The number of Topliss-reactive ketones (excluding diaryl/α,β-unsaturated/α-hetero) is 1. The van der Waals surface area contributed by atoms with Crippen LogP contribution in [0, 0.1) is 0 Å². The Bertz CT molecular complexity index is 1460. The molecule has 0 fully saturated rings. The Hall–Kier alpha value is -4.32. The topological polar surface area (TPSA) is 80.0 Å². The minimum absolute atomic E-state index is 0.166. The summed E-state index contributed by atoms with van der Waals surface area (Å²) in [5.41, 5.74) is 4.53. The Labute approximate surface area is 190 Å². The molecule has 2 N–H and O–H groups in total. The van der Waals surface area contributed by atoms with E-state index in [2.05, 4.69) is 9.97 Å². The number of benzene rings is 3. The van der Waals surface area contributed by atoms with Crippen molar-refractivity contribution >= 4 is 39.4 Å². The molecule has 2 aromatic heterocycles. The van der Waals surface area contributed by atoms with Gasteiger partial charge in [0.1, 0.15) is 5.82 Å². The van der Waals surface area contributed by atoms with Crippen LogP contribution >= 0.6 is 0 Å². The van der Waals surface area contributed by atoms with Crippen molar-refractivity contribution in [3.63, 3.8) is 0 Å². The summed E-state index contributed by atoms with van der Waals surface area (Å²) >= 11 is 0. The number of carbonyl (C=O) groups is 1. The number of rotatable bonds is 7. The van der Waals surface area contributed by atoms with Crippen LogP contribution in [0.2, 0.25) is 0 Å². The van der Waals surface area contributed by atoms with Crippen molar-refractivity contribution in [1.82, 2.24) is 15.0 Å². The molecule has 0 radical (unpaired) electrons. The van der Waals surface area contributed by atoms with Gasteiger partial charge in [0, 0.05) is 28.2 Å². The number of nitrogens with zero attached hydrogens (tertiary/aromatic N) is 1. The second kappa shape index (κ2) is 8.67. The maximum Gasteiger partial charge on any atom is 0.196 e. The highest BCUT2D eigenvalue weighted by Gasteiger charge is 2.20. The Morgan fingerprint density at radius 3 is 2.58 bits per heavy atom. The van der Waals surface area contributed by atoms with Crippen LogP contribution in [0.5, 0.6) is 11.5 Å². The van der Waals surface area contributed by atoms with Gasteiger partial charge in [0.25, 0.3) is 0 Å². The molecule has 0 saturated carbocycles. The third-order valence-corrected chi connectivity index (χ3v) is 5.54. The van der Waals surface area contributed by atoms with Gasteiger partial charge in [-0.2, -0.15) is 0 Å². The van der Waals surface area contributed by atoms with Gasteiger partial charge in [0.2, 0.25) is 0 Å². The maximum atomic E-state index is 13.8. The van der Waals surface area contributed by atoms with Crippen molar-refractivity contribution in [2.75, 3.05) is 13.7 Å². The molecule has 0 unspecified atom stereocenters. The molecule has 6 nitrogen and oxygen atoms in total. The zero-order valence-corrected chi connectivity index (χ0v) is 18.4. The number of hydrogen-bond donors (Lipinski definition) is 2. The summed E-state index contributed by atoms with van der Waals surface area (Å²) in [5.74, 6) is 1.46. The lowest BCUT2D eigenvalue weighted by molar-refractivity contribution is 0.105. The van der Waals surface area contributed by atoms with Crippen LogP contribution in [0.4, 0.5) is 0 Å². The Balaban J connectivity index is 1.66. The van der Waals surface area contributed by atoms with E-state index in [4.69, 9.17) is 14.5 Å². The predicted octanol–water partition coefficient (Wildman–Crippen LogP) is 5.88. The second-order valence-electron chi connectivity index (χ2n) is 7.58. The van der Waals surface area contributed by atoms with E-state index >= 15 is 0 Å². The number of nitrogens with one attached hydrogen (secondary N) is 2. The van der Waals surface area contributed by atoms with E-state index in [0.29, 0.717) is 35.1 Å². The average Bonchev–Trinajstić information content (AvgIpc) is 3.46. The average molecular weight is 437 g/mol. The molecule has 0 saturated heterocycles. The Morgan fingerprint density at radius 1 is 1.00 bits per heavy atom. The van der Waals surface area contributed by atoms with Crippen molar-refractivity contribution in [3.05, 3.63) is 89.9 Å². The van der Waals surface area contributed by atoms with E-state index in [1.165, 1.54) is 0 Å². The molecule has 0 aliphatic heterocycles. The minimum atomic E-state index is -0.166. The first-order chi connectivity index (χ1) is 16.2. The zero-order chi connectivity index (χ0) is 22.8. The van der Waals surface area contributed by atoms with E-state index < -0.39 is 0 Å². The summed E-state index contributed by atoms with van der Waals surface area (Å²) in [6.07, 6.45) is 3.78. The molecule has 0 atom stereocenters. The third-order valence-electron chi connectivity index (χ3n) is 5.54. The van der Waals surface area contributed by atoms with Gasteiger partial charge in [-0.25, -0.2) is 4.98 Å². The van der Waals surface area contributed by atoms with E-state index in [-0.39, 0.29) is 5.78 Å². The summed E-state index contributed by atoms with van der Waals surface area (Å²) in [4.78, 5) is 25.1. The number of ketones is 1. The standard InChI is InChI=1S/C27H23N3O3/c1-3-33-24-13-12-17(15-25(24)32-2)26(31)20(27-29-22-10-6-7-11-23(22)30-27)14-18-16-28-21-9-5-4-8-19(18)21/h4-16,28H,3H2,1-2H3,(H,29,30)/b20-14-. The highest BCUT2D eigenvalue weighted by molar-refractivity contribution is 6.32. The fourth-order valence-corrected chi connectivity index (χ4v) is 3.93. The number of carbonyl (C=O) groups excluding carboxylic acids is 1. The molecule has 2 heterocycles. The summed E-state index contributed by atoms with van der Waals surface area (Å²) < 4.78 is 11.1. The lowest BCUT2D eigenvalue weighted by Gasteiger charge is -2.11. The molecule has 5 aromatic rings. The maximum absolute atomic E-state index is 13.8. The molecular formula is C27H23N3O3. The van der Waals surface area contributed by atoms with Gasteiger partial charge in [-0.3, -0.25) is 4.79 Å². The van der Waals surface area contributed by atoms with Gasteiger partial charge in [-0.05, 0) is 49.4 Å². The number of methoxy groups -OCH3 is 1. The number of hydrogen-bond acceptors (Lipinski definition) is 4. The third kappa shape index (κ3) is 3.87. The molecule has 0 aliphatic carbocycles. The molecule has 164 valence electrons. The highest BCUT2D eigenvalue weighted by Crippen LogP contribution is 2.32. The van der Waals surface area contributed by atoms with E-state index in [0.717, 1.165) is 27.5 Å². The van der Waals surface area contributed by atoms with E-state index in [9.17, 15) is 4.79 Å². The lowest BCUT2D eigenvalue weighted by atomic mass is 9.99. The van der Waals surface area contributed by atoms with Crippen LogP contribution in [-0.2, 0) is 0 Å². The summed E-state index contributed by atoms with van der Waals surface area (Å²) in [6, 6.07) is 20.9. The molecular weight excluding hydrogens is 414 g/mol. The molecule has 6 heteroatoms. The number of aromatic amines is 2. The summed E-state index contributed by atoms with van der Waals surface area (Å²) in [6.45, 7) is 2.41. The number of H-pyrrole nitrogens is 2. The van der Waals surface area contributed by atoms with Gasteiger partial charge in [0.05, 0.1) is 30.3 Å². The first-order valence-corrected chi connectivity index (χ1v) is 10.8. The quantitative estimate of drug-likeness (QED) is 0.246. The van der Waals surface area contributed by atoms with Crippen LogP contribution < -0.4 is 9.47 Å². The SMILES string of the molecule is CCOc1ccc(C(=O)/C(=C/c2c[nH]c3ccccc23)c2nc3ccccc3[nH]2)cc1OC. The number of fused-ring (bicyclic) bond motifs is 2. The van der Waals surface area contributed by atoms with Crippen LogP contribution in [0.1, 0.15) is 28.7 Å². The first kappa shape index (κ1) is 20.6. The van der Waals surface area contributed by atoms with Crippen LogP contribution in [0.25, 0.3) is 33.6 Å². The zero-order valence-electron chi connectivity index (χ0n) is 18.4. The van der Waals surface area contributed by atoms with Crippen molar-refractivity contribution < 1.29 is 14.3 Å². The largest absolute Gasteiger partial charge is 0.493 e. The predicted molar refractivity (Wildman–Crippen MR) is 131 cm³/mol. The fraction of sp³-hybridized carbons (Fsp3) is 0.111. The van der Waals surface area contributed by atoms with E-state index in [1.54, 1.807) is 25.3 Å². The van der Waals surface area contributed by atoms with Crippen molar-refractivity contribution in [3.8, 4) is 11.5 Å². The number of aromatic nitrogens is 3. The Kier molecular flexibility index (Phi) is 5.40. The minimum Gasteiger partial charge on any atom is -0.493 e. The fourth-order valence-electron chi connectivity index (χ4n) is 3.93. The van der Waals surface area contributed by atoms with Crippen molar-refractivity contribution in [2.24, 2.45) is 0 Å². The van der Waals surface area contributed by atoms with E-state index in [1.807, 2.05) is 67.7 Å². The van der Waals surface area contributed by atoms with Crippen molar-refractivity contribution in [1.29, 1.82) is 0 Å². The van der Waals surface area contributed by atoms with Crippen LogP contribution in [0.3, 0.4) is 0 Å². The second-order valence-corrected chi connectivity index (χ2v) is 7.58. The van der Waals surface area contributed by atoms with Gasteiger partial charge >= 0.3 is 0 Å². The summed E-state index contributed by atoms with van der Waals surface area (Å²) in [7, 11) is 1.56. The Morgan fingerprint density at radius 2 is 1.79 bits per heavy atom. The lowest BCUT2D eigenvalue weighted by Crippen LogP contribution is -2.05. The van der Waals surface area contributed by atoms with Crippen molar-refractivity contribution in [2.45, 2.75) is 6.92 Å². The molecule has 3 aromatic carbocycles. The van der Waals surface area contributed by atoms with Crippen LogP contribution in [-0.4, -0.2) is 34.5 Å². The van der Waals surface area contributed by atoms with Gasteiger partial charge in [-0.15, -0.1) is 0 Å². The first-order valence-electron chi connectivity index (χ1n) is 10.8. The molecule has 5 rings (SSSR count). The normalized spacial score (nSPS) is 11.8. The number of para-hydroxylation sites is 3.